The van der Waals surface area contributed by atoms with E-state index in [1.807, 2.05) is 12.3 Å². The van der Waals surface area contributed by atoms with Crippen LogP contribution >= 0.6 is 0 Å². The second-order valence-electron chi connectivity index (χ2n) is 5.66. The molecule has 0 aliphatic carbocycles. The lowest BCUT2D eigenvalue weighted by Crippen LogP contribution is -2.48. The number of nitrogens with zero attached hydrogens (tertiary/aromatic N) is 3. The number of rotatable bonds is 4. The Kier molecular flexibility index (Phi) is 5.06. The fourth-order valence-corrected chi connectivity index (χ4v) is 2.63. The molecule has 2 rings (SSSR count). The molecule has 2 heterocycles. The molecule has 0 spiro atoms. The third kappa shape index (κ3) is 3.54. The number of hydrogen-bond donors (Lipinski definition) is 1. The second-order valence-corrected chi connectivity index (χ2v) is 5.66. The van der Waals surface area contributed by atoms with Crippen molar-refractivity contribution in [2.24, 2.45) is 0 Å². The van der Waals surface area contributed by atoms with Crippen molar-refractivity contribution >= 4 is 5.91 Å². The Hall–Kier alpha value is -1.49. The van der Waals surface area contributed by atoms with Gasteiger partial charge in [0.25, 0.3) is 0 Å². The Morgan fingerprint density at radius 2 is 2.30 bits per heavy atom. The van der Waals surface area contributed by atoms with Crippen molar-refractivity contribution in [2.75, 3.05) is 13.6 Å². The highest BCUT2D eigenvalue weighted by Crippen LogP contribution is 2.19. The van der Waals surface area contributed by atoms with E-state index in [0.717, 1.165) is 43.9 Å². The molecule has 1 aromatic heterocycles. The van der Waals surface area contributed by atoms with Crippen LogP contribution in [0.5, 0.6) is 0 Å². The maximum Gasteiger partial charge on any atom is 0.237 e. The van der Waals surface area contributed by atoms with E-state index in [-0.39, 0.29) is 11.9 Å². The molecule has 0 saturated carbocycles. The van der Waals surface area contributed by atoms with Crippen molar-refractivity contribution in [1.29, 1.82) is 0 Å². The van der Waals surface area contributed by atoms with Crippen molar-refractivity contribution in [3.05, 3.63) is 23.8 Å². The zero-order valence-electron chi connectivity index (χ0n) is 12.6. The molecule has 1 fully saturated rings. The SMILES string of the molecule is CNC(=O)C1CCCCN1Cc1ccnc(C(C)C)n1. The van der Waals surface area contributed by atoms with E-state index in [2.05, 4.69) is 34.0 Å². The molecule has 1 aromatic rings. The smallest absolute Gasteiger partial charge is 0.237 e. The highest BCUT2D eigenvalue weighted by molar-refractivity contribution is 5.81. The number of piperidine rings is 1. The van der Waals surface area contributed by atoms with E-state index in [4.69, 9.17) is 0 Å². The lowest BCUT2D eigenvalue weighted by molar-refractivity contribution is -0.127. The number of carbonyl (C=O) groups is 1. The van der Waals surface area contributed by atoms with Crippen LogP contribution in [0.25, 0.3) is 0 Å². The van der Waals surface area contributed by atoms with Crippen LogP contribution in [0.2, 0.25) is 0 Å². The van der Waals surface area contributed by atoms with E-state index in [0.29, 0.717) is 5.92 Å². The van der Waals surface area contributed by atoms with Crippen LogP contribution in [-0.4, -0.2) is 40.4 Å². The molecular formula is C15H24N4O. The van der Waals surface area contributed by atoms with Crippen molar-refractivity contribution in [3.8, 4) is 0 Å². The summed E-state index contributed by atoms with van der Waals surface area (Å²) >= 11 is 0. The second kappa shape index (κ2) is 6.79. The summed E-state index contributed by atoms with van der Waals surface area (Å²) in [5.74, 6) is 1.31. The third-order valence-electron chi connectivity index (χ3n) is 3.78. The molecule has 110 valence electrons. The van der Waals surface area contributed by atoms with E-state index < -0.39 is 0 Å². The van der Waals surface area contributed by atoms with Crippen molar-refractivity contribution in [2.45, 2.75) is 51.6 Å². The number of nitrogens with one attached hydrogen (secondary N) is 1. The van der Waals surface area contributed by atoms with Gasteiger partial charge in [0.2, 0.25) is 5.91 Å². The molecule has 0 aromatic carbocycles. The van der Waals surface area contributed by atoms with Crippen LogP contribution in [0.15, 0.2) is 12.3 Å². The summed E-state index contributed by atoms with van der Waals surface area (Å²) in [5, 5.41) is 2.77. The topological polar surface area (TPSA) is 58.1 Å². The number of hydrogen-bond acceptors (Lipinski definition) is 4. The predicted molar refractivity (Wildman–Crippen MR) is 78.2 cm³/mol. The van der Waals surface area contributed by atoms with Crippen molar-refractivity contribution < 1.29 is 4.79 Å². The minimum absolute atomic E-state index is 0.0220. The van der Waals surface area contributed by atoms with Gasteiger partial charge in [0.15, 0.2) is 0 Å². The largest absolute Gasteiger partial charge is 0.358 e. The minimum atomic E-state index is -0.0220. The summed E-state index contributed by atoms with van der Waals surface area (Å²) < 4.78 is 0. The van der Waals surface area contributed by atoms with Gasteiger partial charge >= 0.3 is 0 Å². The van der Waals surface area contributed by atoms with Crippen LogP contribution in [-0.2, 0) is 11.3 Å². The van der Waals surface area contributed by atoms with Gasteiger partial charge < -0.3 is 5.32 Å². The first-order valence-corrected chi connectivity index (χ1v) is 7.39. The number of likely N-dealkylation sites (N-methyl/N-ethyl adjacent to an activating group) is 1. The quantitative estimate of drug-likeness (QED) is 0.909. The highest BCUT2D eigenvalue weighted by atomic mass is 16.2. The highest BCUT2D eigenvalue weighted by Gasteiger charge is 2.28. The summed E-state index contributed by atoms with van der Waals surface area (Å²) in [5.41, 5.74) is 1.000. The van der Waals surface area contributed by atoms with Crippen LogP contribution in [0.1, 0.15) is 50.5 Å². The molecule has 1 atom stereocenters. The average Bonchev–Trinajstić information content (AvgIpc) is 2.47. The van der Waals surface area contributed by atoms with Crippen molar-refractivity contribution in [1.82, 2.24) is 20.2 Å². The molecule has 1 aliphatic heterocycles. The molecule has 0 radical (unpaired) electrons. The molecule has 1 N–H and O–H groups in total. The molecule has 1 aliphatic rings. The van der Waals surface area contributed by atoms with Crippen LogP contribution < -0.4 is 5.32 Å². The van der Waals surface area contributed by atoms with Gasteiger partial charge in [0.1, 0.15) is 5.82 Å². The molecule has 1 saturated heterocycles. The van der Waals surface area contributed by atoms with E-state index >= 15 is 0 Å². The van der Waals surface area contributed by atoms with Gasteiger partial charge in [0, 0.05) is 25.7 Å². The molecule has 1 unspecified atom stereocenters. The summed E-state index contributed by atoms with van der Waals surface area (Å²) in [6.45, 7) is 5.86. The fraction of sp³-hybridized carbons (Fsp3) is 0.667. The number of carbonyl (C=O) groups excluding carboxylic acids is 1. The van der Waals surface area contributed by atoms with E-state index in [1.54, 1.807) is 7.05 Å². The Balaban J connectivity index is 2.10. The maximum absolute atomic E-state index is 12.0. The lowest BCUT2D eigenvalue weighted by atomic mass is 10.0. The molecular weight excluding hydrogens is 252 g/mol. The van der Waals surface area contributed by atoms with Gasteiger partial charge in [-0.2, -0.15) is 0 Å². The first-order valence-electron chi connectivity index (χ1n) is 7.39. The minimum Gasteiger partial charge on any atom is -0.358 e. The van der Waals surface area contributed by atoms with Crippen molar-refractivity contribution in [3.63, 3.8) is 0 Å². The first-order chi connectivity index (χ1) is 9.61. The standard InChI is InChI=1S/C15H24N4O/c1-11(2)14-17-8-7-12(18-14)10-19-9-5-4-6-13(19)15(20)16-3/h7-8,11,13H,4-6,9-10H2,1-3H3,(H,16,20). The van der Waals surface area contributed by atoms with Crippen LogP contribution in [0, 0.1) is 0 Å². The predicted octanol–water partition coefficient (Wildman–Crippen LogP) is 1.70. The van der Waals surface area contributed by atoms with Gasteiger partial charge in [-0.3, -0.25) is 9.69 Å². The molecule has 1 amide bonds. The summed E-state index contributed by atoms with van der Waals surface area (Å²) in [7, 11) is 1.71. The zero-order valence-corrected chi connectivity index (χ0v) is 12.6. The Bertz CT molecular complexity index is 461. The molecule has 0 bridgehead atoms. The van der Waals surface area contributed by atoms with Gasteiger partial charge in [-0.1, -0.05) is 20.3 Å². The molecule has 20 heavy (non-hydrogen) atoms. The van der Waals surface area contributed by atoms with E-state index in [1.165, 1.54) is 0 Å². The third-order valence-corrected chi connectivity index (χ3v) is 3.78. The zero-order chi connectivity index (χ0) is 14.5. The van der Waals surface area contributed by atoms with Gasteiger partial charge in [-0.15, -0.1) is 0 Å². The van der Waals surface area contributed by atoms with Gasteiger partial charge in [0.05, 0.1) is 11.7 Å². The summed E-state index contributed by atoms with van der Waals surface area (Å²) in [6.07, 6.45) is 5.02. The van der Waals surface area contributed by atoms with Crippen LogP contribution in [0.3, 0.4) is 0 Å². The van der Waals surface area contributed by atoms with Crippen LogP contribution in [0.4, 0.5) is 0 Å². The number of amides is 1. The first kappa shape index (κ1) is 14.9. The molecule has 5 nitrogen and oxygen atoms in total. The number of likely N-dealkylation sites (tertiary alicyclic amines) is 1. The normalized spacial score (nSPS) is 20.1. The maximum atomic E-state index is 12.0. The summed E-state index contributed by atoms with van der Waals surface area (Å²) in [4.78, 5) is 23.1. The Morgan fingerprint density at radius 1 is 1.50 bits per heavy atom. The monoisotopic (exact) mass is 276 g/mol. The number of aromatic nitrogens is 2. The Morgan fingerprint density at radius 3 is 3.00 bits per heavy atom. The molecule has 5 heteroatoms. The fourth-order valence-electron chi connectivity index (χ4n) is 2.63. The van der Waals surface area contributed by atoms with Gasteiger partial charge in [-0.25, -0.2) is 9.97 Å². The van der Waals surface area contributed by atoms with Gasteiger partial charge in [-0.05, 0) is 25.5 Å². The average molecular weight is 276 g/mol. The Labute approximate surface area is 120 Å². The lowest BCUT2D eigenvalue weighted by Gasteiger charge is -2.34. The van der Waals surface area contributed by atoms with E-state index in [9.17, 15) is 4.79 Å². The summed E-state index contributed by atoms with van der Waals surface area (Å²) in [6, 6.07) is 1.92.